The molecule has 0 radical (unpaired) electrons. The molecule has 0 atom stereocenters. The molecule has 2 aliphatic heterocycles. The summed E-state index contributed by atoms with van der Waals surface area (Å²) in [5.74, 6) is -0.396. The van der Waals surface area contributed by atoms with E-state index in [2.05, 4.69) is 17.0 Å². The standard InChI is InChI=1S/C23H26FN3O2/c24-20-6-4-5-19(17-20)23(29)26-11-9-18(10-12-26)22(28)27-15-13-25(14-16-27)21-7-2-1-3-8-21/h1-8,17-18H,9-16H2. The van der Waals surface area contributed by atoms with Gasteiger partial charge < -0.3 is 14.7 Å². The SMILES string of the molecule is O=C(c1cccc(F)c1)N1CCC(C(=O)N2CCN(c3ccccc3)CC2)CC1. The predicted molar refractivity (Wildman–Crippen MR) is 110 cm³/mol. The Morgan fingerprint density at radius 2 is 1.48 bits per heavy atom. The number of hydrogen-bond acceptors (Lipinski definition) is 3. The fourth-order valence-electron chi connectivity index (χ4n) is 4.22. The zero-order valence-corrected chi connectivity index (χ0v) is 16.5. The molecule has 2 aliphatic rings. The first-order valence-electron chi connectivity index (χ1n) is 10.3. The molecule has 0 spiro atoms. The van der Waals surface area contributed by atoms with Crippen LogP contribution < -0.4 is 4.90 Å². The van der Waals surface area contributed by atoms with E-state index in [1.807, 2.05) is 23.1 Å². The number of benzene rings is 2. The molecular weight excluding hydrogens is 369 g/mol. The number of halogens is 1. The van der Waals surface area contributed by atoms with E-state index < -0.39 is 5.82 Å². The van der Waals surface area contributed by atoms with Crippen molar-refractivity contribution in [2.45, 2.75) is 12.8 Å². The third kappa shape index (κ3) is 4.42. The molecule has 0 aromatic heterocycles. The van der Waals surface area contributed by atoms with Gasteiger partial charge in [0, 0.05) is 56.4 Å². The second-order valence-electron chi connectivity index (χ2n) is 7.72. The maximum Gasteiger partial charge on any atom is 0.253 e. The number of nitrogens with zero attached hydrogens (tertiary/aromatic N) is 3. The molecule has 2 heterocycles. The Hall–Kier alpha value is -2.89. The van der Waals surface area contributed by atoms with Crippen LogP contribution in [0.15, 0.2) is 54.6 Å². The maximum absolute atomic E-state index is 13.4. The summed E-state index contributed by atoms with van der Waals surface area (Å²) < 4.78 is 13.4. The second kappa shape index (κ2) is 8.64. The Bertz CT molecular complexity index is 857. The molecule has 0 saturated carbocycles. The van der Waals surface area contributed by atoms with E-state index in [0.717, 1.165) is 26.2 Å². The van der Waals surface area contributed by atoms with Crippen LogP contribution in [0.25, 0.3) is 0 Å². The van der Waals surface area contributed by atoms with Crippen molar-refractivity contribution in [2.24, 2.45) is 5.92 Å². The molecule has 4 rings (SSSR count). The highest BCUT2D eigenvalue weighted by molar-refractivity contribution is 5.94. The molecule has 5 nitrogen and oxygen atoms in total. The van der Waals surface area contributed by atoms with Gasteiger partial charge in [0.2, 0.25) is 5.91 Å². The number of carbonyl (C=O) groups is 2. The van der Waals surface area contributed by atoms with Crippen LogP contribution in [0.1, 0.15) is 23.2 Å². The minimum absolute atomic E-state index is 0.0326. The molecule has 2 fully saturated rings. The predicted octanol–water partition coefficient (Wildman–Crippen LogP) is 3.03. The number of para-hydroxylation sites is 1. The van der Waals surface area contributed by atoms with E-state index in [9.17, 15) is 14.0 Å². The highest BCUT2D eigenvalue weighted by Gasteiger charge is 2.32. The summed E-state index contributed by atoms with van der Waals surface area (Å²) in [6.07, 6.45) is 1.33. The maximum atomic E-state index is 13.4. The number of piperidine rings is 1. The van der Waals surface area contributed by atoms with Gasteiger partial charge in [-0.2, -0.15) is 0 Å². The van der Waals surface area contributed by atoms with Gasteiger partial charge in [0.1, 0.15) is 5.82 Å². The van der Waals surface area contributed by atoms with E-state index in [1.165, 1.54) is 17.8 Å². The van der Waals surface area contributed by atoms with E-state index >= 15 is 0 Å². The lowest BCUT2D eigenvalue weighted by Crippen LogP contribution is -2.52. The first-order valence-corrected chi connectivity index (χ1v) is 10.3. The van der Waals surface area contributed by atoms with Gasteiger partial charge in [0.15, 0.2) is 0 Å². The van der Waals surface area contributed by atoms with E-state index in [1.54, 1.807) is 17.0 Å². The van der Waals surface area contributed by atoms with E-state index in [-0.39, 0.29) is 17.7 Å². The lowest BCUT2D eigenvalue weighted by atomic mass is 9.94. The van der Waals surface area contributed by atoms with Crippen LogP contribution in [-0.4, -0.2) is 60.9 Å². The van der Waals surface area contributed by atoms with Gasteiger partial charge in [-0.05, 0) is 43.2 Å². The minimum atomic E-state index is -0.407. The van der Waals surface area contributed by atoms with Crippen LogP contribution in [-0.2, 0) is 4.79 Å². The van der Waals surface area contributed by atoms with Crippen LogP contribution in [0.4, 0.5) is 10.1 Å². The molecule has 2 saturated heterocycles. The number of anilines is 1. The number of hydrogen-bond donors (Lipinski definition) is 0. The summed E-state index contributed by atoms with van der Waals surface area (Å²) in [5, 5.41) is 0. The molecule has 29 heavy (non-hydrogen) atoms. The van der Waals surface area contributed by atoms with Crippen molar-refractivity contribution in [3.63, 3.8) is 0 Å². The Kier molecular flexibility index (Phi) is 5.79. The van der Waals surface area contributed by atoms with Crippen LogP contribution >= 0.6 is 0 Å². The molecule has 0 N–H and O–H groups in total. The fraction of sp³-hybridized carbons (Fsp3) is 0.391. The zero-order valence-electron chi connectivity index (χ0n) is 16.5. The highest BCUT2D eigenvalue weighted by Crippen LogP contribution is 2.23. The second-order valence-corrected chi connectivity index (χ2v) is 7.72. The van der Waals surface area contributed by atoms with Crippen molar-refractivity contribution in [2.75, 3.05) is 44.2 Å². The highest BCUT2D eigenvalue weighted by atomic mass is 19.1. The van der Waals surface area contributed by atoms with Crippen LogP contribution in [0.5, 0.6) is 0 Å². The molecular formula is C23H26FN3O2. The molecule has 152 valence electrons. The van der Waals surface area contributed by atoms with E-state index in [0.29, 0.717) is 31.5 Å². The Labute approximate surface area is 170 Å². The fourth-order valence-corrected chi connectivity index (χ4v) is 4.22. The molecule has 0 aliphatic carbocycles. The number of piperazine rings is 1. The van der Waals surface area contributed by atoms with Gasteiger partial charge in [-0.25, -0.2) is 4.39 Å². The minimum Gasteiger partial charge on any atom is -0.368 e. The first-order chi connectivity index (χ1) is 14.1. The van der Waals surface area contributed by atoms with Crippen LogP contribution in [0, 0.1) is 11.7 Å². The molecule has 2 aromatic carbocycles. The van der Waals surface area contributed by atoms with Crippen molar-refractivity contribution in [3.8, 4) is 0 Å². The van der Waals surface area contributed by atoms with Gasteiger partial charge in [-0.1, -0.05) is 24.3 Å². The Morgan fingerprint density at radius 3 is 2.14 bits per heavy atom. The summed E-state index contributed by atoms with van der Waals surface area (Å²) in [7, 11) is 0. The average molecular weight is 395 g/mol. The van der Waals surface area contributed by atoms with Crippen LogP contribution in [0.2, 0.25) is 0 Å². The lowest BCUT2D eigenvalue weighted by molar-refractivity contribution is -0.137. The van der Waals surface area contributed by atoms with Gasteiger partial charge in [-0.3, -0.25) is 9.59 Å². The normalized spacial score (nSPS) is 18.0. The van der Waals surface area contributed by atoms with Gasteiger partial charge >= 0.3 is 0 Å². The molecule has 0 bridgehead atoms. The summed E-state index contributed by atoms with van der Waals surface area (Å²) >= 11 is 0. The largest absolute Gasteiger partial charge is 0.368 e. The van der Waals surface area contributed by atoms with Gasteiger partial charge in [0.05, 0.1) is 0 Å². The number of carbonyl (C=O) groups excluding carboxylic acids is 2. The van der Waals surface area contributed by atoms with Crippen molar-refractivity contribution < 1.29 is 14.0 Å². The van der Waals surface area contributed by atoms with Gasteiger partial charge in [-0.15, -0.1) is 0 Å². The summed E-state index contributed by atoms with van der Waals surface area (Å²) in [5.41, 5.74) is 1.57. The summed E-state index contributed by atoms with van der Waals surface area (Å²) in [6, 6.07) is 16.1. The number of rotatable bonds is 3. The Morgan fingerprint density at radius 1 is 0.793 bits per heavy atom. The molecule has 0 unspecified atom stereocenters. The monoisotopic (exact) mass is 395 g/mol. The smallest absolute Gasteiger partial charge is 0.253 e. The third-order valence-corrected chi connectivity index (χ3v) is 5.92. The molecule has 6 heteroatoms. The lowest BCUT2D eigenvalue weighted by Gasteiger charge is -2.39. The van der Waals surface area contributed by atoms with Crippen molar-refractivity contribution in [1.82, 2.24) is 9.80 Å². The van der Waals surface area contributed by atoms with Crippen molar-refractivity contribution in [3.05, 3.63) is 66.0 Å². The first kappa shape index (κ1) is 19.4. The zero-order chi connectivity index (χ0) is 20.2. The average Bonchev–Trinajstić information content (AvgIpc) is 2.79. The summed E-state index contributed by atoms with van der Waals surface area (Å²) in [6.45, 7) is 4.22. The number of amides is 2. The van der Waals surface area contributed by atoms with Gasteiger partial charge in [0.25, 0.3) is 5.91 Å². The third-order valence-electron chi connectivity index (χ3n) is 5.92. The van der Waals surface area contributed by atoms with Crippen molar-refractivity contribution in [1.29, 1.82) is 0 Å². The number of likely N-dealkylation sites (tertiary alicyclic amines) is 1. The van der Waals surface area contributed by atoms with Crippen LogP contribution in [0.3, 0.4) is 0 Å². The summed E-state index contributed by atoms with van der Waals surface area (Å²) in [4.78, 5) is 31.5. The van der Waals surface area contributed by atoms with E-state index in [4.69, 9.17) is 0 Å². The van der Waals surface area contributed by atoms with Crippen molar-refractivity contribution >= 4 is 17.5 Å². The molecule has 2 aromatic rings. The quantitative estimate of drug-likeness (QED) is 0.803. The Balaban J connectivity index is 1.28. The molecule has 2 amide bonds. The topological polar surface area (TPSA) is 43.9 Å².